The van der Waals surface area contributed by atoms with Gasteiger partial charge >= 0.3 is 0 Å². The molecule has 0 bridgehead atoms. The number of hydrogen-bond donors (Lipinski definition) is 2. The average molecular weight is 346 g/mol. The minimum atomic E-state index is -1.13. The summed E-state index contributed by atoms with van der Waals surface area (Å²) in [5, 5.41) is 19.8. The molecule has 4 atom stereocenters. The van der Waals surface area contributed by atoms with Crippen LogP contribution in [-0.4, -0.2) is 23.3 Å². The number of rotatable bonds is 1. The van der Waals surface area contributed by atoms with E-state index in [4.69, 9.17) is 22.1 Å². The van der Waals surface area contributed by atoms with Crippen LogP contribution in [0, 0.1) is 33.5 Å². The van der Waals surface area contributed by atoms with Gasteiger partial charge in [-0.1, -0.05) is 42.4 Å². The van der Waals surface area contributed by atoms with Crippen molar-refractivity contribution in [1.82, 2.24) is 0 Å². The fraction of sp³-hybridized carbons (Fsp3) is 0.438. The smallest absolute Gasteiger partial charge is 0.278 e. The van der Waals surface area contributed by atoms with E-state index in [0.29, 0.717) is 17.5 Å². The second kappa shape index (κ2) is 4.21. The minimum absolute atomic E-state index is 0.313. The molecule has 3 N–H and O–H groups in total. The molecule has 3 aliphatic rings. The standard InChI is InChI=1S/C16H13ClN4OS/c1-13(10-2-4-11(17)5-3-10)14(8-18)12(20)21-16(15(13,14)9-19)22-6-7-23-16/h2-5H,6-7H2,1H3,(H2,20,21)/p+1/t13-,14-,15+,16+/m0/s1. The highest BCUT2D eigenvalue weighted by Crippen LogP contribution is 2.83. The highest BCUT2D eigenvalue weighted by Gasteiger charge is 3.02. The van der Waals surface area contributed by atoms with Gasteiger partial charge in [-0.15, -0.1) is 0 Å². The van der Waals surface area contributed by atoms with Gasteiger partial charge in [0.1, 0.15) is 0 Å². The van der Waals surface area contributed by atoms with E-state index in [1.807, 2.05) is 19.1 Å². The fourth-order valence-corrected chi connectivity index (χ4v) is 6.12. The topological polar surface area (TPSA) is 96.8 Å². The number of nitriles is 2. The molecule has 2 fully saturated rings. The number of benzene rings is 1. The van der Waals surface area contributed by atoms with E-state index < -0.39 is 21.3 Å². The lowest BCUT2D eigenvalue weighted by Gasteiger charge is -2.27. The normalized spacial score (nSPS) is 43.6. The first-order valence-corrected chi connectivity index (χ1v) is 8.60. The second-order valence-corrected chi connectivity index (χ2v) is 7.92. The second-order valence-electron chi connectivity index (χ2n) is 6.21. The molecule has 2 heterocycles. The third kappa shape index (κ3) is 1.23. The zero-order valence-electron chi connectivity index (χ0n) is 12.4. The van der Waals surface area contributed by atoms with Gasteiger partial charge in [0, 0.05) is 10.8 Å². The van der Waals surface area contributed by atoms with Crippen LogP contribution in [0.15, 0.2) is 24.3 Å². The van der Waals surface area contributed by atoms with Crippen LogP contribution in [0.25, 0.3) is 0 Å². The van der Waals surface area contributed by atoms with Crippen molar-refractivity contribution in [2.75, 3.05) is 12.4 Å². The predicted octanol–water partition coefficient (Wildman–Crippen LogP) is 0.500. The molecule has 0 radical (unpaired) electrons. The molecule has 0 aromatic heterocycles. The zero-order chi connectivity index (χ0) is 16.5. The van der Waals surface area contributed by atoms with E-state index in [9.17, 15) is 10.5 Å². The van der Waals surface area contributed by atoms with Gasteiger partial charge in [0.15, 0.2) is 10.8 Å². The quantitative estimate of drug-likeness (QED) is 0.772. The van der Waals surface area contributed by atoms with Gasteiger partial charge < -0.3 is 4.74 Å². The number of amidine groups is 1. The van der Waals surface area contributed by atoms with Gasteiger partial charge in [0.2, 0.25) is 0 Å². The molecule has 1 aliphatic carbocycles. The summed E-state index contributed by atoms with van der Waals surface area (Å²) in [6.07, 6.45) is 0. The lowest BCUT2D eigenvalue weighted by atomic mass is 9.85. The molecule has 4 rings (SSSR count). The molecular weight excluding hydrogens is 332 g/mol. The van der Waals surface area contributed by atoms with Gasteiger partial charge in [-0.3, -0.25) is 5.73 Å². The number of nitrogens with zero attached hydrogens (tertiary/aromatic N) is 2. The highest BCUT2D eigenvalue weighted by molar-refractivity contribution is 8.00. The Morgan fingerprint density at radius 2 is 2.00 bits per heavy atom. The Bertz CT molecular complexity index is 820. The summed E-state index contributed by atoms with van der Waals surface area (Å²) in [5.74, 6) is 1.07. The fourth-order valence-electron chi connectivity index (χ4n) is 4.57. The molecule has 2 aliphatic heterocycles. The molecule has 0 unspecified atom stereocenters. The maximum Gasteiger partial charge on any atom is 0.278 e. The van der Waals surface area contributed by atoms with Gasteiger partial charge in [-0.05, 0) is 17.7 Å². The summed E-state index contributed by atoms with van der Waals surface area (Å²) in [6.45, 7) is 2.44. The van der Waals surface area contributed by atoms with Crippen molar-refractivity contribution in [3.63, 3.8) is 0 Å². The van der Waals surface area contributed by atoms with E-state index in [-0.39, 0.29) is 0 Å². The van der Waals surface area contributed by atoms with Crippen LogP contribution in [0.2, 0.25) is 5.02 Å². The molecule has 1 aromatic carbocycles. The van der Waals surface area contributed by atoms with Crippen molar-refractivity contribution < 1.29 is 9.73 Å². The van der Waals surface area contributed by atoms with Crippen LogP contribution in [0.5, 0.6) is 0 Å². The SMILES string of the molecule is C[C@]1(c2ccc(Cl)cc2)[C@]2(C#N)C(N)=[NH+][C@@]3(OCCS3)[C@@]21C#N. The summed E-state index contributed by atoms with van der Waals surface area (Å²) in [6, 6.07) is 12.0. The van der Waals surface area contributed by atoms with Crippen LogP contribution >= 0.6 is 23.4 Å². The number of thioether (sulfide) groups is 1. The van der Waals surface area contributed by atoms with Crippen molar-refractivity contribution in [1.29, 1.82) is 10.5 Å². The summed E-state index contributed by atoms with van der Waals surface area (Å²) in [4.78, 5) is 3.11. The lowest BCUT2D eigenvalue weighted by molar-refractivity contribution is -0.584. The molecule has 1 saturated carbocycles. The largest absolute Gasteiger partial charge is 0.327 e. The molecule has 1 spiro atoms. The lowest BCUT2D eigenvalue weighted by Crippen LogP contribution is -2.88. The van der Waals surface area contributed by atoms with Crippen molar-refractivity contribution in [2.24, 2.45) is 16.6 Å². The number of hydrogen-bond acceptors (Lipinski definition) is 5. The van der Waals surface area contributed by atoms with Crippen molar-refractivity contribution >= 4 is 29.2 Å². The molecule has 0 amide bonds. The van der Waals surface area contributed by atoms with E-state index in [1.54, 1.807) is 12.1 Å². The predicted molar refractivity (Wildman–Crippen MR) is 86.2 cm³/mol. The molecule has 1 saturated heterocycles. The van der Waals surface area contributed by atoms with Gasteiger partial charge in [0.05, 0.1) is 24.2 Å². The Hall–Kier alpha value is -1.73. The van der Waals surface area contributed by atoms with Crippen LogP contribution in [-0.2, 0) is 10.2 Å². The zero-order valence-corrected chi connectivity index (χ0v) is 14.0. The van der Waals surface area contributed by atoms with Crippen LogP contribution in [0.1, 0.15) is 12.5 Å². The van der Waals surface area contributed by atoms with Crippen LogP contribution in [0.3, 0.4) is 0 Å². The van der Waals surface area contributed by atoms with E-state index in [2.05, 4.69) is 17.1 Å². The van der Waals surface area contributed by atoms with Crippen LogP contribution in [0.4, 0.5) is 0 Å². The third-order valence-corrected chi connectivity index (χ3v) is 7.20. The van der Waals surface area contributed by atoms with E-state index in [0.717, 1.165) is 11.3 Å². The monoisotopic (exact) mass is 345 g/mol. The Labute approximate surface area is 143 Å². The minimum Gasteiger partial charge on any atom is -0.327 e. The van der Waals surface area contributed by atoms with Crippen molar-refractivity contribution in [2.45, 2.75) is 17.4 Å². The third-order valence-electron chi connectivity index (χ3n) is 5.65. The van der Waals surface area contributed by atoms with Crippen LogP contribution < -0.4 is 10.7 Å². The molecular formula is C16H14ClN4OS+. The first-order valence-electron chi connectivity index (χ1n) is 7.23. The maximum atomic E-state index is 10.1. The van der Waals surface area contributed by atoms with E-state index in [1.165, 1.54) is 11.8 Å². The number of fused-ring (bicyclic) bond motifs is 2. The summed E-state index contributed by atoms with van der Waals surface area (Å²) in [5.41, 5.74) is 4.13. The number of nitrogens with one attached hydrogen (secondary N) is 1. The molecule has 23 heavy (non-hydrogen) atoms. The summed E-state index contributed by atoms with van der Waals surface area (Å²) < 4.78 is 5.94. The van der Waals surface area contributed by atoms with Crippen molar-refractivity contribution in [3.05, 3.63) is 34.9 Å². The Morgan fingerprint density at radius 3 is 2.52 bits per heavy atom. The number of halogens is 1. The number of ether oxygens (including phenoxy) is 1. The molecule has 7 heteroatoms. The summed E-state index contributed by atoms with van der Waals surface area (Å²) >= 11 is 7.50. The average Bonchev–Trinajstić information content (AvgIpc) is 2.83. The van der Waals surface area contributed by atoms with Gasteiger partial charge in [-0.25, -0.2) is 4.99 Å². The van der Waals surface area contributed by atoms with Crippen molar-refractivity contribution in [3.8, 4) is 12.1 Å². The Morgan fingerprint density at radius 1 is 1.30 bits per heavy atom. The summed E-state index contributed by atoms with van der Waals surface area (Å²) in [7, 11) is 0. The maximum absolute atomic E-state index is 10.1. The molecule has 1 aromatic rings. The molecule has 5 nitrogen and oxygen atoms in total. The number of nitrogens with two attached hydrogens (primary N) is 1. The first-order chi connectivity index (χ1) is 11.0. The highest BCUT2D eigenvalue weighted by atomic mass is 35.5. The first kappa shape index (κ1) is 14.8. The van der Waals surface area contributed by atoms with E-state index >= 15 is 0 Å². The Balaban J connectivity index is 2.00. The van der Waals surface area contributed by atoms with Gasteiger partial charge in [0.25, 0.3) is 10.9 Å². The Kier molecular flexibility index (Phi) is 2.72. The van der Waals surface area contributed by atoms with Gasteiger partial charge in [-0.2, -0.15) is 10.5 Å². The molecule has 116 valence electrons.